The highest BCUT2D eigenvalue weighted by Gasteiger charge is 2.29. The normalized spacial score (nSPS) is 11.3. The number of aryl methyl sites for hydroxylation is 1. The number of para-hydroxylation sites is 1. The quantitative estimate of drug-likeness (QED) is 0.412. The van der Waals surface area contributed by atoms with Gasteiger partial charge in [-0.25, -0.2) is 8.42 Å². The number of rotatable bonds is 8. The lowest BCUT2D eigenvalue weighted by molar-refractivity contribution is -0.114. The maximum absolute atomic E-state index is 13.6. The Labute approximate surface area is 215 Å². The Balaban J connectivity index is 1.98. The summed E-state index contributed by atoms with van der Waals surface area (Å²) < 4.78 is 28.0. The molecule has 0 heterocycles. The van der Waals surface area contributed by atoms with Gasteiger partial charge < -0.3 is 10.6 Å². The van der Waals surface area contributed by atoms with Gasteiger partial charge in [-0.15, -0.1) is 0 Å². The van der Waals surface area contributed by atoms with Crippen molar-refractivity contribution in [2.24, 2.45) is 0 Å². The van der Waals surface area contributed by atoms with Crippen LogP contribution in [0.4, 0.5) is 11.4 Å². The van der Waals surface area contributed by atoms with E-state index in [1.165, 1.54) is 24.3 Å². The van der Waals surface area contributed by atoms with Crippen LogP contribution in [0, 0.1) is 6.92 Å². The van der Waals surface area contributed by atoms with Gasteiger partial charge in [-0.05, 0) is 57.2 Å². The number of anilines is 2. The Morgan fingerprint density at radius 1 is 0.943 bits per heavy atom. The van der Waals surface area contributed by atoms with E-state index < -0.39 is 22.5 Å². The molecular formula is C25H25Cl2N3O4S. The Morgan fingerprint density at radius 2 is 1.60 bits per heavy atom. The molecule has 0 fully saturated rings. The third-order valence-corrected chi connectivity index (χ3v) is 7.54. The zero-order valence-corrected chi connectivity index (χ0v) is 21.7. The molecule has 0 bridgehead atoms. The minimum Gasteiger partial charge on any atom is -0.350 e. The first kappa shape index (κ1) is 26.5. The Hall–Kier alpha value is -3.07. The standard InChI is InChI=1S/C25H25Cl2N3O4S/c1-16(2)28-25(32)19-7-4-5-9-21(19)29-23(31)15-30(22-10-6-8-20(26)24(22)27)35(33,34)18-13-11-17(3)12-14-18/h4-14,16H,15H2,1-3H3,(H,28,32)(H,29,31). The number of carbonyl (C=O) groups is 2. The lowest BCUT2D eigenvalue weighted by Crippen LogP contribution is -2.38. The highest BCUT2D eigenvalue weighted by molar-refractivity contribution is 7.92. The van der Waals surface area contributed by atoms with Gasteiger partial charge in [0.05, 0.1) is 31.9 Å². The molecule has 3 aromatic carbocycles. The lowest BCUT2D eigenvalue weighted by atomic mass is 10.1. The maximum atomic E-state index is 13.6. The summed E-state index contributed by atoms with van der Waals surface area (Å²) in [7, 11) is -4.19. The van der Waals surface area contributed by atoms with Crippen LogP contribution in [-0.4, -0.2) is 32.8 Å². The van der Waals surface area contributed by atoms with Crippen LogP contribution in [0.5, 0.6) is 0 Å². The summed E-state index contributed by atoms with van der Waals surface area (Å²) in [5.41, 5.74) is 1.44. The van der Waals surface area contributed by atoms with Crippen LogP contribution in [0.25, 0.3) is 0 Å². The minimum atomic E-state index is -4.19. The van der Waals surface area contributed by atoms with E-state index in [0.29, 0.717) is 0 Å². The summed E-state index contributed by atoms with van der Waals surface area (Å²) >= 11 is 12.5. The predicted octanol–water partition coefficient (Wildman–Crippen LogP) is 5.27. The smallest absolute Gasteiger partial charge is 0.264 e. The highest BCUT2D eigenvalue weighted by Crippen LogP contribution is 2.35. The third-order valence-electron chi connectivity index (χ3n) is 4.96. The van der Waals surface area contributed by atoms with E-state index in [-0.39, 0.29) is 43.8 Å². The first-order valence-electron chi connectivity index (χ1n) is 10.7. The number of amides is 2. The van der Waals surface area contributed by atoms with E-state index >= 15 is 0 Å². The molecule has 0 saturated carbocycles. The number of carbonyl (C=O) groups excluding carboxylic acids is 2. The van der Waals surface area contributed by atoms with Gasteiger partial charge in [-0.2, -0.15) is 0 Å². The molecule has 2 N–H and O–H groups in total. The highest BCUT2D eigenvalue weighted by atomic mass is 35.5. The van der Waals surface area contributed by atoms with Gasteiger partial charge in [-0.1, -0.05) is 59.1 Å². The van der Waals surface area contributed by atoms with Gasteiger partial charge in [0.15, 0.2) is 0 Å². The summed E-state index contributed by atoms with van der Waals surface area (Å²) in [6, 6.07) is 17.1. The van der Waals surface area contributed by atoms with Crippen molar-refractivity contribution in [1.82, 2.24) is 5.32 Å². The fourth-order valence-electron chi connectivity index (χ4n) is 3.27. The van der Waals surface area contributed by atoms with Crippen molar-refractivity contribution < 1.29 is 18.0 Å². The Bertz CT molecular complexity index is 1340. The van der Waals surface area contributed by atoms with Crippen LogP contribution in [-0.2, 0) is 14.8 Å². The average molecular weight is 534 g/mol. The number of nitrogens with zero attached hydrogens (tertiary/aromatic N) is 1. The zero-order chi connectivity index (χ0) is 25.8. The molecule has 0 saturated heterocycles. The number of halogens is 2. The minimum absolute atomic E-state index is 0.00522. The van der Waals surface area contributed by atoms with Crippen molar-refractivity contribution in [2.45, 2.75) is 31.7 Å². The molecule has 0 spiro atoms. The van der Waals surface area contributed by atoms with Crippen LogP contribution in [0.2, 0.25) is 10.0 Å². The molecule has 0 unspecified atom stereocenters. The average Bonchev–Trinajstić information content (AvgIpc) is 2.79. The van der Waals surface area contributed by atoms with Crippen LogP contribution in [0.15, 0.2) is 71.6 Å². The second kappa shape index (κ2) is 11.1. The molecule has 184 valence electrons. The number of hydrogen-bond acceptors (Lipinski definition) is 4. The number of hydrogen-bond donors (Lipinski definition) is 2. The summed E-state index contributed by atoms with van der Waals surface area (Å²) in [5.74, 6) is -1.03. The van der Waals surface area contributed by atoms with E-state index in [0.717, 1.165) is 9.87 Å². The molecule has 0 aliphatic rings. The van der Waals surface area contributed by atoms with Crippen LogP contribution in [0.3, 0.4) is 0 Å². The van der Waals surface area contributed by atoms with Gasteiger partial charge in [0.2, 0.25) is 5.91 Å². The van der Waals surface area contributed by atoms with Crippen molar-refractivity contribution in [1.29, 1.82) is 0 Å². The van der Waals surface area contributed by atoms with E-state index in [9.17, 15) is 18.0 Å². The van der Waals surface area contributed by atoms with Crippen molar-refractivity contribution in [3.63, 3.8) is 0 Å². The Kier molecular flexibility index (Phi) is 8.43. The summed E-state index contributed by atoms with van der Waals surface area (Å²) in [4.78, 5) is 25.6. The predicted molar refractivity (Wildman–Crippen MR) is 140 cm³/mol. The summed E-state index contributed by atoms with van der Waals surface area (Å²) in [6.45, 7) is 4.88. The monoisotopic (exact) mass is 533 g/mol. The largest absolute Gasteiger partial charge is 0.350 e. The molecule has 7 nitrogen and oxygen atoms in total. The van der Waals surface area contributed by atoms with Crippen LogP contribution < -0.4 is 14.9 Å². The number of benzene rings is 3. The van der Waals surface area contributed by atoms with Crippen molar-refractivity contribution in [2.75, 3.05) is 16.2 Å². The van der Waals surface area contributed by atoms with Crippen molar-refractivity contribution >= 4 is 56.4 Å². The van der Waals surface area contributed by atoms with Gasteiger partial charge in [-0.3, -0.25) is 13.9 Å². The molecule has 0 aliphatic heterocycles. The molecule has 3 rings (SSSR count). The maximum Gasteiger partial charge on any atom is 0.264 e. The topological polar surface area (TPSA) is 95.6 Å². The molecule has 35 heavy (non-hydrogen) atoms. The fraction of sp³-hybridized carbons (Fsp3) is 0.200. The molecule has 0 atom stereocenters. The van der Waals surface area contributed by atoms with Crippen molar-refractivity contribution in [3.8, 4) is 0 Å². The van der Waals surface area contributed by atoms with Gasteiger partial charge in [0.1, 0.15) is 6.54 Å². The van der Waals surface area contributed by atoms with Crippen LogP contribution in [0.1, 0.15) is 29.8 Å². The molecule has 3 aromatic rings. The number of sulfonamides is 1. The molecule has 10 heteroatoms. The Morgan fingerprint density at radius 3 is 2.26 bits per heavy atom. The third kappa shape index (κ3) is 6.33. The molecule has 0 aromatic heterocycles. The molecule has 0 aliphatic carbocycles. The van der Waals surface area contributed by atoms with Gasteiger partial charge >= 0.3 is 0 Å². The first-order valence-corrected chi connectivity index (χ1v) is 12.9. The van der Waals surface area contributed by atoms with Gasteiger partial charge in [0.25, 0.3) is 15.9 Å². The van der Waals surface area contributed by atoms with Crippen LogP contribution >= 0.6 is 23.2 Å². The second-order valence-corrected chi connectivity index (χ2v) is 10.8. The lowest BCUT2D eigenvalue weighted by Gasteiger charge is -2.25. The van der Waals surface area contributed by atoms with Gasteiger partial charge in [0, 0.05) is 6.04 Å². The molecule has 0 radical (unpaired) electrons. The summed E-state index contributed by atoms with van der Waals surface area (Å²) in [5, 5.41) is 5.56. The fourth-order valence-corrected chi connectivity index (χ4v) is 5.15. The second-order valence-electron chi connectivity index (χ2n) is 8.12. The van der Waals surface area contributed by atoms with E-state index in [2.05, 4.69) is 10.6 Å². The number of nitrogens with one attached hydrogen (secondary N) is 2. The molecule has 2 amide bonds. The first-order chi connectivity index (χ1) is 16.5. The van der Waals surface area contributed by atoms with E-state index in [1.807, 2.05) is 20.8 Å². The molecular weight excluding hydrogens is 509 g/mol. The SMILES string of the molecule is Cc1ccc(S(=O)(=O)N(CC(=O)Nc2ccccc2C(=O)NC(C)C)c2cccc(Cl)c2Cl)cc1. The summed E-state index contributed by atoms with van der Waals surface area (Å²) in [6.07, 6.45) is 0. The van der Waals surface area contributed by atoms with E-state index in [4.69, 9.17) is 23.2 Å². The van der Waals surface area contributed by atoms with E-state index in [1.54, 1.807) is 42.5 Å². The zero-order valence-electron chi connectivity index (χ0n) is 19.4. The van der Waals surface area contributed by atoms with Crippen molar-refractivity contribution in [3.05, 3.63) is 87.9 Å².